The van der Waals surface area contributed by atoms with Crippen LogP contribution in [0.4, 0.5) is 11.6 Å². The second-order valence-electron chi connectivity index (χ2n) is 5.66. The molecular formula is C14H25N5O. The molecule has 112 valence electrons. The Morgan fingerprint density at radius 1 is 1.30 bits per heavy atom. The summed E-state index contributed by atoms with van der Waals surface area (Å²) in [5, 5.41) is 3.04. The Balaban J connectivity index is 2.23. The molecular weight excluding hydrogens is 254 g/mol. The summed E-state index contributed by atoms with van der Waals surface area (Å²) < 4.78 is 5.47. The summed E-state index contributed by atoms with van der Waals surface area (Å²) in [6.07, 6.45) is 5.34. The normalized spacial score (nSPS) is 16.7. The molecule has 1 saturated carbocycles. The summed E-state index contributed by atoms with van der Waals surface area (Å²) in [7, 11) is 9.87. The van der Waals surface area contributed by atoms with Gasteiger partial charge in [-0.05, 0) is 33.4 Å². The van der Waals surface area contributed by atoms with Gasteiger partial charge in [0, 0.05) is 26.2 Å². The molecule has 6 heteroatoms. The van der Waals surface area contributed by atoms with Crippen molar-refractivity contribution >= 4 is 11.6 Å². The minimum Gasteiger partial charge on any atom is -0.490 e. The van der Waals surface area contributed by atoms with Crippen molar-refractivity contribution < 1.29 is 4.74 Å². The van der Waals surface area contributed by atoms with Crippen LogP contribution in [0.2, 0.25) is 0 Å². The number of hydrogen-bond acceptors (Lipinski definition) is 6. The van der Waals surface area contributed by atoms with Crippen molar-refractivity contribution in [3.05, 3.63) is 6.33 Å². The lowest BCUT2D eigenvalue weighted by Gasteiger charge is -2.49. The van der Waals surface area contributed by atoms with Crippen molar-refractivity contribution in [2.75, 3.05) is 52.1 Å². The number of aromatic nitrogens is 2. The number of nitrogens with one attached hydrogen (secondary N) is 1. The Bertz CT molecular complexity index is 459. The second kappa shape index (κ2) is 5.83. The Hall–Kier alpha value is -1.56. The maximum Gasteiger partial charge on any atom is 0.204 e. The second-order valence-corrected chi connectivity index (χ2v) is 5.66. The molecule has 0 spiro atoms. The van der Waals surface area contributed by atoms with Crippen LogP contribution in [0.3, 0.4) is 0 Å². The third-order valence-corrected chi connectivity index (χ3v) is 4.35. The zero-order valence-electron chi connectivity index (χ0n) is 13.1. The quantitative estimate of drug-likeness (QED) is 0.850. The molecule has 0 saturated heterocycles. The summed E-state index contributed by atoms with van der Waals surface area (Å²) in [5.74, 6) is 2.25. The fourth-order valence-electron chi connectivity index (χ4n) is 2.85. The Labute approximate surface area is 121 Å². The first-order valence-corrected chi connectivity index (χ1v) is 6.99. The van der Waals surface area contributed by atoms with Crippen LogP contribution in [0.15, 0.2) is 6.33 Å². The molecule has 1 N–H and O–H groups in total. The van der Waals surface area contributed by atoms with Crippen LogP contribution in [0.25, 0.3) is 0 Å². The number of ether oxygens (including phenoxy) is 1. The van der Waals surface area contributed by atoms with Gasteiger partial charge in [-0.15, -0.1) is 0 Å². The fraction of sp³-hybridized carbons (Fsp3) is 0.714. The summed E-state index contributed by atoms with van der Waals surface area (Å²) in [4.78, 5) is 13.1. The highest BCUT2D eigenvalue weighted by Gasteiger charge is 2.40. The van der Waals surface area contributed by atoms with Crippen LogP contribution in [0.1, 0.15) is 19.3 Å². The first kappa shape index (κ1) is 14.8. The van der Waals surface area contributed by atoms with Crippen molar-refractivity contribution in [2.24, 2.45) is 0 Å². The van der Waals surface area contributed by atoms with E-state index < -0.39 is 0 Å². The number of likely N-dealkylation sites (N-methyl/N-ethyl adjacent to an activating group) is 2. The van der Waals surface area contributed by atoms with Crippen molar-refractivity contribution in [3.63, 3.8) is 0 Å². The Morgan fingerprint density at radius 2 is 2.00 bits per heavy atom. The van der Waals surface area contributed by atoms with Crippen LogP contribution in [-0.2, 0) is 0 Å². The highest BCUT2D eigenvalue weighted by atomic mass is 16.5. The van der Waals surface area contributed by atoms with Crippen LogP contribution in [0.5, 0.6) is 5.75 Å². The summed E-state index contributed by atoms with van der Waals surface area (Å²) in [6, 6.07) is 0. The number of hydrogen-bond donors (Lipinski definition) is 1. The predicted octanol–water partition coefficient (Wildman–Crippen LogP) is 1.45. The maximum atomic E-state index is 5.47. The topological polar surface area (TPSA) is 53.5 Å². The lowest BCUT2D eigenvalue weighted by atomic mass is 9.75. The first-order chi connectivity index (χ1) is 9.54. The Morgan fingerprint density at radius 3 is 2.45 bits per heavy atom. The van der Waals surface area contributed by atoms with Crippen molar-refractivity contribution in [1.29, 1.82) is 0 Å². The molecule has 0 amide bonds. The van der Waals surface area contributed by atoms with Gasteiger partial charge < -0.3 is 19.9 Å². The van der Waals surface area contributed by atoms with E-state index in [4.69, 9.17) is 4.74 Å². The van der Waals surface area contributed by atoms with Gasteiger partial charge in [0.2, 0.25) is 5.75 Å². The molecule has 1 aromatic rings. The molecule has 1 aromatic heterocycles. The molecule has 0 unspecified atom stereocenters. The molecule has 0 atom stereocenters. The third-order valence-electron chi connectivity index (χ3n) is 4.35. The van der Waals surface area contributed by atoms with Gasteiger partial charge in [0.25, 0.3) is 0 Å². The fourth-order valence-corrected chi connectivity index (χ4v) is 2.85. The molecule has 1 heterocycles. The van der Waals surface area contributed by atoms with Gasteiger partial charge in [0.1, 0.15) is 6.33 Å². The molecule has 1 aliphatic rings. The van der Waals surface area contributed by atoms with E-state index in [9.17, 15) is 0 Å². The van der Waals surface area contributed by atoms with Crippen LogP contribution in [0, 0.1) is 0 Å². The molecule has 1 fully saturated rings. The van der Waals surface area contributed by atoms with Crippen molar-refractivity contribution in [3.8, 4) is 5.75 Å². The van der Waals surface area contributed by atoms with Gasteiger partial charge in [-0.25, -0.2) is 9.97 Å². The van der Waals surface area contributed by atoms with E-state index in [-0.39, 0.29) is 5.54 Å². The number of methoxy groups -OCH3 is 1. The minimum atomic E-state index is 0.254. The molecule has 0 aliphatic heterocycles. The standard InChI is InChI=1S/C14H25N5O/c1-15-12-11(20-5)13(17-10-16-12)19(4)9-14(18(2)3)7-6-8-14/h10H,6-9H2,1-5H3,(H,15,16,17). The average molecular weight is 279 g/mol. The molecule has 2 rings (SSSR count). The smallest absolute Gasteiger partial charge is 0.204 e. The summed E-state index contributed by atoms with van der Waals surface area (Å²) in [6.45, 7) is 0.941. The number of anilines is 2. The maximum absolute atomic E-state index is 5.47. The average Bonchev–Trinajstić information content (AvgIpc) is 2.40. The lowest BCUT2D eigenvalue weighted by molar-refractivity contribution is 0.0681. The van der Waals surface area contributed by atoms with E-state index in [2.05, 4.69) is 46.2 Å². The molecule has 0 radical (unpaired) electrons. The molecule has 0 bridgehead atoms. The van der Waals surface area contributed by atoms with E-state index in [1.807, 2.05) is 7.05 Å². The summed E-state index contributed by atoms with van der Waals surface area (Å²) >= 11 is 0. The zero-order valence-corrected chi connectivity index (χ0v) is 13.1. The van der Waals surface area contributed by atoms with Gasteiger partial charge in [-0.1, -0.05) is 0 Å². The van der Waals surface area contributed by atoms with Crippen molar-refractivity contribution in [1.82, 2.24) is 14.9 Å². The van der Waals surface area contributed by atoms with Crippen LogP contribution < -0.4 is 15.0 Å². The van der Waals surface area contributed by atoms with Gasteiger partial charge >= 0.3 is 0 Å². The predicted molar refractivity (Wildman–Crippen MR) is 81.7 cm³/mol. The molecule has 20 heavy (non-hydrogen) atoms. The van der Waals surface area contributed by atoms with Crippen LogP contribution >= 0.6 is 0 Å². The Kier molecular flexibility index (Phi) is 4.32. The highest BCUT2D eigenvalue weighted by molar-refractivity contribution is 5.64. The largest absolute Gasteiger partial charge is 0.490 e. The zero-order chi connectivity index (χ0) is 14.8. The van der Waals surface area contributed by atoms with E-state index in [1.165, 1.54) is 19.3 Å². The molecule has 6 nitrogen and oxygen atoms in total. The van der Waals surface area contributed by atoms with Gasteiger partial charge in [-0.2, -0.15) is 0 Å². The van der Waals surface area contributed by atoms with E-state index >= 15 is 0 Å². The molecule has 1 aliphatic carbocycles. The number of nitrogens with zero attached hydrogens (tertiary/aromatic N) is 4. The van der Waals surface area contributed by atoms with Crippen LogP contribution in [-0.4, -0.2) is 62.3 Å². The van der Waals surface area contributed by atoms with Gasteiger partial charge in [0.15, 0.2) is 11.6 Å². The summed E-state index contributed by atoms with van der Waals surface area (Å²) in [5.41, 5.74) is 0.254. The lowest BCUT2D eigenvalue weighted by Crippen LogP contribution is -2.56. The third kappa shape index (κ3) is 2.52. The van der Waals surface area contributed by atoms with E-state index in [1.54, 1.807) is 13.4 Å². The van der Waals surface area contributed by atoms with E-state index in [0.29, 0.717) is 5.75 Å². The highest BCUT2D eigenvalue weighted by Crippen LogP contribution is 2.39. The monoisotopic (exact) mass is 279 g/mol. The molecule has 0 aromatic carbocycles. The van der Waals surface area contributed by atoms with Gasteiger partial charge in [0.05, 0.1) is 7.11 Å². The SMILES string of the molecule is CNc1ncnc(N(C)CC2(N(C)C)CCC2)c1OC. The number of rotatable bonds is 6. The first-order valence-electron chi connectivity index (χ1n) is 6.99. The van der Waals surface area contributed by atoms with Gasteiger partial charge in [-0.3, -0.25) is 0 Å². The van der Waals surface area contributed by atoms with E-state index in [0.717, 1.165) is 18.2 Å². The minimum absolute atomic E-state index is 0.254. The van der Waals surface area contributed by atoms with Crippen molar-refractivity contribution in [2.45, 2.75) is 24.8 Å².